The third-order valence-corrected chi connectivity index (χ3v) is 7.29. The van der Waals surface area contributed by atoms with E-state index in [1.54, 1.807) is 18.2 Å². The maximum atomic E-state index is 13.6. The molecule has 10 nitrogen and oxygen atoms in total. The van der Waals surface area contributed by atoms with Crippen molar-refractivity contribution in [1.29, 1.82) is 0 Å². The van der Waals surface area contributed by atoms with E-state index in [0.717, 1.165) is 48.7 Å². The number of nitrogens with one attached hydrogen (secondary N) is 2. The molecule has 3 aromatic carbocycles. The first kappa shape index (κ1) is 28.7. The minimum absolute atomic E-state index is 0.0492. The van der Waals surface area contributed by atoms with E-state index in [1.807, 2.05) is 44.2 Å². The van der Waals surface area contributed by atoms with Crippen molar-refractivity contribution in [1.82, 2.24) is 14.9 Å². The topological polar surface area (TPSA) is 101 Å². The number of amides is 1. The molecule has 2 heterocycles. The summed E-state index contributed by atoms with van der Waals surface area (Å²) in [5, 5.41) is 6.23. The maximum Gasteiger partial charge on any atom is 0.262 e. The van der Waals surface area contributed by atoms with E-state index in [4.69, 9.17) is 14.2 Å². The Labute approximate surface area is 246 Å². The number of benzene rings is 3. The van der Waals surface area contributed by atoms with E-state index in [0.29, 0.717) is 17.2 Å². The summed E-state index contributed by atoms with van der Waals surface area (Å²) in [7, 11) is 5.22. The fourth-order valence-electron chi connectivity index (χ4n) is 4.82. The Morgan fingerprint density at radius 3 is 2.10 bits per heavy atom. The summed E-state index contributed by atoms with van der Waals surface area (Å²) < 4.78 is 17.3. The van der Waals surface area contributed by atoms with Gasteiger partial charge in [0.15, 0.2) is 11.5 Å². The Balaban J connectivity index is 1.45. The molecule has 0 radical (unpaired) electrons. The number of carbonyl (C=O) groups excluding carboxylic acids is 1. The Morgan fingerprint density at radius 2 is 1.48 bits per heavy atom. The minimum atomic E-state index is -0.403. The number of hydrogen-bond donors (Lipinski definition) is 2. The highest BCUT2D eigenvalue weighted by Gasteiger charge is 2.22. The molecule has 2 N–H and O–H groups in total. The molecule has 0 saturated carbocycles. The first-order chi connectivity index (χ1) is 20.4. The van der Waals surface area contributed by atoms with Gasteiger partial charge in [-0.2, -0.15) is 4.98 Å². The van der Waals surface area contributed by atoms with Crippen LogP contribution in [0.25, 0.3) is 0 Å². The third kappa shape index (κ3) is 6.39. The fourth-order valence-corrected chi connectivity index (χ4v) is 4.82. The predicted octanol–water partition coefficient (Wildman–Crippen LogP) is 5.65. The first-order valence-electron chi connectivity index (χ1n) is 13.8. The van der Waals surface area contributed by atoms with Crippen molar-refractivity contribution in [3.63, 3.8) is 0 Å². The van der Waals surface area contributed by atoms with Gasteiger partial charge in [0, 0.05) is 49.4 Å². The summed E-state index contributed by atoms with van der Waals surface area (Å²) in [6.07, 6.45) is 1.45. The van der Waals surface area contributed by atoms with Gasteiger partial charge >= 0.3 is 0 Å². The number of aromatic nitrogens is 2. The highest BCUT2D eigenvalue weighted by Crippen LogP contribution is 2.40. The Kier molecular flexibility index (Phi) is 8.73. The van der Waals surface area contributed by atoms with Gasteiger partial charge in [-0.05, 0) is 68.4 Å². The molecule has 1 saturated heterocycles. The second-order valence-electron chi connectivity index (χ2n) is 10.2. The second kappa shape index (κ2) is 12.8. The second-order valence-corrected chi connectivity index (χ2v) is 10.2. The molecule has 0 aliphatic carbocycles. The number of likely N-dealkylation sites (N-methyl/N-ethyl adjacent to an activating group) is 1. The number of para-hydroxylation sites is 2. The molecule has 10 heteroatoms. The van der Waals surface area contributed by atoms with Gasteiger partial charge < -0.3 is 34.6 Å². The van der Waals surface area contributed by atoms with Crippen LogP contribution in [0.4, 0.5) is 23.0 Å². The molecule has 0 spiro atoms. The van der Waals surface area contributed by atoms with Crippen molar-refractivity contribution in [2.75, 3.05) is 63.0 Å². The number of hydrogen-bond acceptors (Lipinski definition) is 9. The molecule has 1 aliphatic rings. The molecular formula is C32H36N6O4. The molecule has 4 aromatic rings. The standard InChI is InChI=1S/C32H36N6O4/c1-21-8-6-9-22(2)28(21)35-30(39)25-20-33-32(36-31(25)42-29-26(40-4)10-7-11-27(29)41-5)34-23-12-14-24(15-13-23)38-18-16-37(3)17-19-38/h6-15,20H,16-19H2,1-5H3,(H,35,39)(H,33,34,36). The van der Waals surface area contributed by atoms with Crippen molar-refractivity contribution in [3.05, 3.63) is 83.6 Å². The summed E-state index contributed by atoms with van der Waals surface area (Å²) in [4.78, 5) is 27.3. The molecule has 1 aliphatic heterocycles. The molecule has 0 bridgehead atoms. The monoisotopic (exact) mass is 568 g/mol. The Hall–Kier alpha value is -4.83. The van der Waals surface area contributed by atoms with Crippen molar-refractivity contribution in [2.45, 2.75) is 13.8 Å². The summed E-state index contributed by atoms with van der Waals surface area (Å²) in [5.74, 6) is 1.08. The van der Waals surface area contributed by atoms with Crippen LogP contribution >= 0.6 is 0 Å². The molecule has 218 valence electrons. The average Bonchev–Trinajstić information content (AvgIpc) is 3.00. The van der Waals surface area contributed by atoms with Crippen LogP contribution in [0.2, 0.25) is 0 Å². The van der Waals surface area contributed by atoms with Gasteiger partial charge in [0.25, 0.3) is 5.91 Å². The van der Waals surface area contributed by atoms with Crippen LogP contribution in [0.15, 0.2) is 66.9 Å². The summed E-state index contributed by atoms with van der Waals surface area (Å²) in [5.41, 5.74) is 4.74. The Morgan fingerprint density at radius 1 is 0.857 bits per heavy atom. The van der Waals surface area contributed by atoms with E-state index in [1.165, 1.54) is 26.1 Å². The van der Waals surface area contributed by atoms with E-state index in [-0.39, 0.29) is 17.4 Å². The van der Waals surface area contributed by atoms with Crippen LogP contribution in [0.3, 0.4) is 0 Å². The van der Waals surface area contributed by atoms with Gasteiger partial charge in [-0.3, -0.25) is 4.79 Å². The van der Waals surface area contributed by atoms with Gasteiger partial charge in [0.05, 0.1) is 14.2 Å². The van der Waals surface area contributed by atoms with Gasteiger partial charge in [0.2, 0.25) is 17.6 Å². The molecule has 1 fully saturated rings. The van der Waals surface area contributed by atoms with Crippen LogP contribution in [0.5, 0.6) is 23.1 Å². The number of aryl methyl sites for hydroxylation is 2. The number of carbonyl (C=O) groups is 1. The number of methoxy groups -OCH3 is 2. The average molecular weight is 569 g/mol. The van der Waals surface area contributed by atoms with Crippen LogP contribution < -0.4 is 29.7 Å². The molecular weight excluding hydrogens is 532 g/mol. The highest BCUT2D eigenvalue weighted by atomic mass is 16.5. The molecule has 42 heavy (non-hydrogen) atoms. The van der Waals surface area contributed by atoms with Crippen LogP contribution in [-0.4, -0.2) is 68.2 Å². The normalized spacial score (nSPS) is 13.4. The van der Waals surface area contributed by atoms with Gasteiger partial charge in [-0.25, -0.2) is 4.98 Å². The number of rotatable bonds is 9. The van der Waals surface area contributed by atoms with Crippen molar-refractivity contribution in [3.8, 4) is 23.1 Å². The van der Waals surface area contributed by atoms with Crippen molar-refractivity contribution < 1.29 is 19.0 Å². The smallest absolute Gasteiger partial charge is 0.262 e. The number of ether oxygens (including phenoxy) is 3. The van der Waals surface area contributed by atoms with Crippen LogP contribution in [-0.2, 0) is 0 Å². The van der Waals surface area contributed by atoms with Crippen LogP contribution in [0.1, 0.15) is 21.5 Å². The number of anilines is 4. The molecule has 1 aromatic heterocycles. The summed E-state index contributed by atoms with van der Waals surface area (Å²) in [6, 6.07) is 19.3. The zero-order chi connectivity index (χ0) is 29.6. The summed E-state index contributed by atoms with van der Waals surface area (Å²) in [6.45, 7) is 7.94. The van der Waals surface area contributed by atoms with E-state index in [2.05, 4.69) is 49.6 Å². The van der Waals surface area contributed by atoms with E-state index >= 15 is 0 Å². The zero-order valence-corrected chi connectivity index (χ0v) is 24.6. The van der Waals surface area contributed by atoms with Gasteiger partial charge in [0.1, 0.15) is 5.56 Å². The van der Waals surface area contributed by atoms with Crippen LogP contribution in [0, 0.1) is 13.8 Å². The quantitative estimate of drug-likeness (QED) is 0.265. The molecule has 0 unspecified atom stereocenters. The maximum absolute atomic E-state index is 13.6. The predicted molar refractivity (Wildman–Crippen MR) is 165 cm³/mol. The summed E-state index contributed by atoms with van der Waals surface area (Å²) >= 11 is 0. The largest absolute Gasteiger partial charge is 0.493 e. The SMILES string of the molecule is COc1cccc(OC)c1Oc1nc(Nc2ccc(N3CCN(C)CC3)cc2)ncc1C(=O)Nc1c(C)cccc1C. The lowest BCUT2D eigenvalue weighted by molar-refractivity contribution is 0.102. The molecule has 0 atom stereocenters. The zero-order valence-electron chi connectivity index (χ0n) is 24.6. The number of piperazine rings is 1. The lowest BCUT2D eigenvalue weighted by Gasteiger charge is -2.34. The third-order valence-electron chi connectivity index (χ3n) is 7.29. The van der Waals surface area contributed by atoms with Gasteiger partial charge in [-0.1, -0.05) is 24.3 Å². The Bertz CT molecular complexity index is 1510. The van der Waals surface area contributed by atoms with E-state index in [9.17, 15) is 4.79 Å². The van der Waals surface area contributed by atoms with Crippen molar-refractivity contribution >= 4 is 28.9 Å². The van der Waals surface area contributed by atoms with Crippen molar-refractivity contribution in [2.24, 2.45) is 0 Å². The number of nitrogens with zero attached hydrogens (tertiary/aromatic N) is 4. The lowest BCUT2D eigenvalue weighted by Crippen LogP contribution is -2.44. The minimum Gasteiger partial charge on any atom is -0.493 e. The highest BCUT2D eigenvalue weighted by molar-refractivity contribution is 6.06. The molecule has 1 amide bonds. The van der Waals surface area contributed by atoms with Gasteiger partial charge in [-0.15, -0.1) is 0 Å². The van der Waals surface area contributed by atoms with E-state index < -0.39 is 5.91 Å². The first-order valence-corrected chi connectivity index (χ1v) is 13.8. The fraction of sp³-hybridized carbons (Fsp3) is 0.281. The molecule has 5 rings (SSSR count). The lowest BCUT2D eigenvalue weighted by atomic mass is 10.1.